The van der Waals surface area contributed by atoms with Crippen molar-refractivity contribution in [2.45, 2.75) is 11.1 Å². The lowest BCUT2D eigenvalue weighted by molar-refractivity contribution is -0.122. The Labute approximate surface area is 170 Å². The van der Waals surface area contributed by atoms with E-state index < -0.39 is 10.0 Å². The Morgan fingerprint density at radius 1 is 1.18 bits per heavy atom. The number of sulfonamides is 1. The maximum Gasteiger partial charge on any atom is 0.252 e. The molecule has 1 amide bonds. The van der Waals surface area contributed by atoms with Gasteiger partial charge in [-0.1, -0.05) is 18.2 Å². The summed E-state index contributed by atoms with van der Waals surface area (Å²) in [4.78, 5) is 14.1. The Morgan fingerprint density at radius 2 is 1.96 bits per heavy atom. The summed E-state index contributed by atoms with van der Waals surface area (Å²) in [6.45, 7) is 4.96. The van der Waals surface area contributed by atoms with E-state index in [1.807, 2.05) is 36.1 Å². The maximum atomic E-state index is 12.5. The van der Waals surface area contributed by atoms with E-state index in [4.69, 9.17) is 4.74 Å². The van der Waals surface area contributed by atoms with Crippen molar-refractivity contribution < 1.29 is 17.9 Å². The molecule has 1 fully saturated rings. The Morgan fingerprint density at radius 3 is 2.64 bits per heavy atom. The zero-order valence-electron chi connectivity index (χ0n) is 15.8. The van der Waals surface area contributed by atoms with Crippen LogP contribution in [0.1, 0.15) is 5.56 Å². The topological polar surface area (TPSA) is 79.0 Å². The van der Waals surface area contributed by atoms with Crippen molar-refractivity contribution in [2.24, 2.45) is 0 Å². The minimum atomic E-state index is -3.41. The number of nitrogens with one attached hydrogen (secondary N) is 1. The van der Waals surface area contributed by atoms with Crippen LogP contribution in [0.2, 0.25) is 0 Å². The Balaban J connectivity index is 1.36. The Hall–Kier alpha value is -1.94. The third-order valence-corrected chi connectivity index (χ3v) is 7.74. The number of thiophene rings is 1. The summed E-state index contributed by atoms with van der Waals surface area (Å²) in [5, 5.41) is 4.60. The lowest BCUT2D eigenvalue weighted by atomic mass is 10.2. The molecule has 1 aliphatic rings. The summed E-state index contributed by atoms with van der Waals surface area (Å²) in [5.74, 6) is 0.708. The fourth-order valence-electron chi connectivity index (χ4n) is 2.99. The fourth-order valence-corrected chi connectivity index (χ4v) is 5.56. The van der Waals surface area contributed by atoms with Crippen LogP contribution in [0.25, 0.3) is 0 Å². The van der Waals surface area contributed by atoms with Gasteiger partial charge >= 0.3 is 0 Å². The molecule has 1 aliphatic heterocycles. The number of piperazine rings is 1. The molecule has 3 rings (SSSR count). The van der Waals surface area contributed by atoms with E-state index in [1.165, 1.54) is 15.6 Å². The molecule has 0 radical (unpaired) electrons. The van der Waals surface area contributed by atoms with Crippen LogP contribution in [0.5, 0.6) is 5.75 Å². The minimum Gasteiger partial charge on any atom is -0.492 e. The number of amides is 1. The number of carbonyl (C=O) groups is 1. The molecule has 9 heteroatoms. The van der Waals surface area contributed by atoms with Gasteiger partial charge in [0.15, 0.2) is 0 Å². The van der Waals surface area contributed by atoms with Crippen LogP contribution in [0.3, 0.4) is 0 Å². The van der Waals surface area contributed by atoms with E-state index in [9.17, 15) is 13.2 Å². The molecule has 0 aliphatic carbocycles. The van der Waals surface area contributed by atoms with Gasteiger partial charge in [-0.3, -0.25) is 9.69 Å². The molecule has 1 saturated heterocycles. The van der Waals surface area contributed by atoms with Crippen LogP contribution in [-0.4, -0.2) is 69.4 Å². The summed E-state index contributed by atoms with van der Waals surface area (Å²) < 4.78 is 32.5. The Bertz CT molecular complexity index is 876. The average Bonchev–Trinajstić information content (AvgIpc) is 3.21. The maximum absolute atomic E-state index is 12.5. The number of aryl methyl sites for hydroxylation is 1. The lowest BCUT2D eigenvalue weighted by Crippen LogP contribution is -2.51. The van der Waals surface area contributed by atoms with Crippen LogP contribution in [0.4, 0.5) is 0 Å². The van der Waals surface area contributed by atoms with Crippen molar-refractivity contribution >= 4 is 27.3 Å². The normalized spacial score (nSPS) is 16.0. The summed E-state index contributed by atoms with van der Waals surface area (Å²) in [6.07, 6.45) is 0. The van der Waals surface area contributed by atoms with E-state index in [-0.39, 0.29) is 12.5 Å². The number of hydrogen-bond donors (Lipinski definition) is 1. The van der Waals surface area contributed by atoms with Gasteiger partial charge in [0, 0.05) is 26.2 Å². The zero-order chi connectivity index (χ0) is 20.0. The van der Waals surface area contributed by atoms with E-state index in [0.29, 0.717) is 43.5 Å². The molecule has 1 aromatic heterocycles. The highest BCUT2D eigenvalue weighted by molar-refractivity contribution is 7.91. The summed E-state index contributed by atoms with van der Waals surface area (Å²) in [5.41, 5.74) is 1.13. The predicted molar refractivity (Wildman–Crippen MR) is 109 cm³/mol. The van der Waals surface area contributed by atoms with Crippen molar-refractivity contribution in [3.05, 3.63) is 47.3 Å². The smallest absolute Gasteiger partial charge is 0.252 e. The van der Waals surface area contributed by atoms with E-state index in [2.05, 4.69) is 5.32 Å². The van der Waals surface area contributed by atoms with Gasteiger partial charge in [-0.2, -0.15) is 4.31 Å². The largest absolute Gasteiger partial charge is 0.492 e. The highest BCUT2D eigenvalue weighted by atomic mass is 32.2. The lowest BCUT2D eigenvalue weighted by Gasteiger charge is -2.33. The molecular weight excluding hydrogens is 398 g/mol. The molecule has 0 saturated carbocycles. The van der Waals surface area contributed by atoms with Gasteiger partial charge in [-0.05, 0) is 36.1 Å². The predicted octanol–water partition coefficient (Wildman–Crippen LogP) is 1.56. The molecular formula is C19H25N3O4S2. The molecule has 28 heavy (non-hydrogen) atoms. The number of rotatable bonds is 8. The number of carbonyl (C=O) groups excluding carboxylic acids is 1. The van der Waals surface area contributed by atoms with Crippen LogP contribution in [0, 0.1) is 6.92 Å². The Kier molecular flexibility index (Phi) is 7.06. The number of ether oxygens (including phenoxy) is 1. The highest BCUT2D eigenvalue weighted by Gasteiger charge is 2.29. The minimum absolute atomic E-state index is 0.0811. The molecule has 0 atom stereocenters. The van der Waals surface area contributed by atoms with Crippen LogP contribution < -0.4 is 10.1 Å². The monoisotopic (exact) mass is 423 g/mol. The van der Waals surface area contributed by atoms with Gasteiger partial charge in [0.2, 0.25) is 5.91 Å². The van der Waals surface area contributed by atoms with Crippen molar-refractivity contribution in [1.82, 2.24) is 14.5 Å². The zero-order valence-corrected chi connectivity index (χ0v) is 17.5. The number of nitrogens with zero attached hydrogens (tertiary/aromatic N) is 2. The molecule has 0 spiro atoms. The fraction of sp³-hybridized carbons (Fsp3) is 0.421. The second-order valence-electron chi connectivity index (χ2n) is 6.63. The van der Waals surface area contributed by atoms with Crippen molar-refractivity contribution in [3.63, 3.8) is 0 Å². The third kappa shape index (κ3) is 5.54. The molecule has 7 nitrogen and oxygen atoms in total. The van der Waals surface area contributed by atoms with Crippen molar-refractivity contribution in [2.75, 3.05) is 45.9 Å². The number of hydrogen-bond acceptors (Lipinski definition) is 6. The van der Waals surface area contributed by atoms with Gasteiger partial charge in [-0.15, -0.1) is 11.3 Å². The quantitative estimate of drug-likeness (QED) is 0.652. The van der Waals surface area contributed by atoms with Gasteiger partial charge in [0.1, 0.15) is 16.6 Å². The van der Waals surface area contributed by atoms with Gasteiger partial charge < -0.3 is 10.1 Å². The van der Waals surface area contributed by atoms with Crippen LogP contribution in [0.15, 0.2) is 46.0 Å². The molecule has 2 heterocycles. The first-order valence-electron chi connectivity index (χ1n) is 9.17. The molecule has 0 bridgehead atoms. The van der Waals surface area contributed by atoms with Crippen LogP contribution >= 0.6 is 11.3 Å². The second kappa shape index (κ2) is 9.51. The first-order chi connectivity index (χ1) is 13.4. The van der Waals surface area contributed by atoms with Crippen molar-refractivity contribution in [3.8, 4) is 5.75 Å². The van der Waals surface area contributed by atoms with E-state index in [0.717, 1.165) is 11.3 Å². The molecule has 1 aromatic carbocycles. The number of benzene rings is 1. The van der Waals surface area contributed by atoms with Gasteiger partial charge in [0.05, 0.1) is 13.1 Å². The SMILES string of the molecule is Cc1cccc(OCCNC(=O)CN2CCN(S(=O)(=O)c3cccs3)CC2)c1. The van der Waals surface area contributed by atoms with Gasteiger partial charge in [0.25, 0.3) is 10.0 Å². The molecule has 2 aromatic rings. The van der Waals surface area contributed by atoms with Crippen molar-refractivity contribution in [1.29, 1.82) is 0 Å². The second-order valence-corrected chi connectivity index (χ2v) is 9.74. The first-order valence-corrected chi connectivity index (χ1v) is 11.5. The standard InChI is InChI=1S/C19H25N3O4S2/c1-16-4-2-5-17(14-16)26-12-7-20-18(23)15-21-8-10-22(11-9-21)28(24,25)19-6-3-13-27-19/h2-6,13-14H,7-12,15H2,1H3,(H,20,23). The average molecular weight is 424 g/mol. The summed E-state index contributed by atoms with van der Waals surface area (Å²) in [6, 6.07) is 11.1. The van der Waals surface area contributed by atoms with E-state index >= 15 is 0 Å². The third-order valence-electron chi connectivity index (χ3n) is 4.47. The first kappa shape index (κ1) is 20.8. The molecule has 152 valence electrons. The van der Waals surface area contributed by atoms with E-state index in [1.54, 1.807) is 17.5 Å². The highest BCUT2D eigenvalue weighted by Crippen LogP contribution is 2.21. The molecule has 1 N–H and O–H groups in total. The van der Waals surface area contributed by atoms with Crippen LogP contribution in [-0.2, 0) is 14.8 Å². The summed E-state index contributed by atoms with van der Waals surface area (Å²) >= 11 is 1.23. The molecule has 0 unspecified atom stereocenters. The summed E-state index contributed by atoms with van der Waals surface area (Å²) in [7, 11) is -3.41. The van der Waals surface area contributed by atoms with Gasteiger partial charge in [-0.25, -0.2) is 8.42 Å².